The van der Waals surface area contributed by atoms with E-state index in [9.17, 15) is 0 Å². The maximum absolute atomic E-state index is 6.23. The Hall–Kier alpha value is -2.51. The third kappa shape index (κ3) is 3.52. The largest absolute Gasteiger partial charge is 0.399 e. The number of hydrogen-bond donors (Lipinski definition) is 1. The molecule has 1 aliphatic rings. The fourth-order valence-electron chi connectivity index (χ4n) is 4.09. The molecule has 0 fully saturated rings. The number of nitrogen functional groups attached to an aromatic ring is 1. The van der Waals surface area contributed by atoms with Crippen molar-refractivity contribution in [3.05, 3.63) is 99.1 Å². The lowest BCUT2D eigenvalue weighted by Crippen LogP contribution is -1.98. The van der Waals surface area contributed by atoms with Gasteiger partial charge in [0.25, 0.3) is 0 Å². The van der Waals surface area contributed by atoms with Crippen molar-refractivity contribution in [3.8, 4) is 0 Å². The number of rotatable bonds is 2. The molecule has 3 aromatic carbocycles. The van der Waals surface area contributed by atoms with Crippen LogP contribution in [0.1, 0.15) is 46.2 Å². The number of halogens is 1. The molecule has 3 aromatic rings. The summed E-state index contributed by atoms with van der Waals surface area (Å²) in [7, 11) is 0. The second-order valence-electron chi connectivity index (χ2n) is 7.45. The van der Waals surface area contributed by atoms with E-state index in [4.69, 9.17) is 17.3 Å². The summed E-state index contributed by atoms with van der Waals surface area (Å²) < 4.78 is 0. The van der Waals surface area contributed by atoms with Crippen LogP contribution in [-0.4, -0.2) is 0 Å². The molecule has 1 nitrogen and oxygen atoms in total. The van der Waals surface area contributed by atoms with Gasteiger partial charge in [0.2, 0.25) is 0 Å². The highest BCUT2D eigenvalue weighted by Crippen LogP contribution is 2.41. The van der Waals surface area contributed by atoms with E-state index >= 15 is 0 Å². The van der Waals surface area contributed by atoms with E-state index in [1.165, 1.54) is 44.5 Å². The van der Waals surface area contributed by atoms with Gasteiger partial charge in [-0.25, -0.2) is 0 Å². The van der Waals surface area contributed by atoms with Gasteiger partial charge in [-0.3, -0.25) is 0 Å². The topological polar surface area (TPSA) is 26.0 Å². The number of aryl methyl sites for hydroxylation is 3. The summed E-state index contributed by atoms with van der Waals surface area (Å²) in [5.74, 6) is 0. The highest BCUT2D eigenvalue weighted by atomic mass is 35.5. The minimum absolute atomic E-state index is 0.788. The van der Waals surface area contributed by atoms with Crippen LogP contribution in [-0.2, 0) is 6.42 Å². The number of fused-ring (bicyclic) bond motifs is 1. The molecule has 0 bridgehead atoms. The van der Waals surface area contributed by atoms with E-state index in [0.29, 0.717) is 0 Å². The van der Waals surface area contributed by atoms with E-state index in [0.717, 1.165) is 30.0 Å². The molecule has 0 unspecified atom stereocenters. The minimum Gasteiger partial charge on any atom is -0.399 e. The fourth-order valence-corrected chi connectivity index (χ4v) is 4.32. The number of nitrogens with two attached hydrogens (primary N) is 1. The molecule has 0 atom stereocenters. The minimum atomic E-state index is 0.788. The SMILES string of the molecule is Cc1ccc(C2=C(c3ccc(Cl)cc3C)CCCc3cc(N)ccc32)cc1. The van der Waals surface area contributed by atoms with Gasteiger partial charge in [-0.1, -0.05) is 53.6 Å². The standard InChI is InChI=1S/C25H24ClN/c1-16-6-8-18(9-7-16)25-23-13-11-21(27)15-19(23)4-3-5-24(25)22-12-10-20(26)14-17(22)2/h6-15H,3-5,27H2,1-2H3. The molecule has 2 heteroatoms. The predicted molar refractivity (Wildman–Crippen MR) is 117 cm³/mol. The third-order valence-electron chi connectivity index (χ3n) is 5.43. The normalized spacial score (nSPS) is 14.0. The molecule has 2 N–H and O–H groups in total. The summed E-state index contributed by atoms with van der Waals surface area (Å²) in [6.45, 7) is 4.28. The van der Waals surface area contributed by atoms with Crippen LogP contribution in [0.15, 0.2) is 60.7 Å². The first-order chi connectivity index (χ1) is 13.0. The van der Waals surface area contributed by atoms with Crippen LogP contribution in [0, 0.1) is 13.8 Å². The Morgan fingerprint density at radius 2 is 1.56 bits per heavy atom. The van der Waals surface area contributed by atoms with E-state index in [1.807, 2.05) is 12.1 Å². The molecule has 0 radical (unpaired) electrons. The average Bonchev–Trinajstić information content (AvgIpc) is 2.81. The number of benzene rings is 3. The quantitative estimate of drug-likeness (QED) is 0.489. The average molecular weight is 374 g/mol. The Labute approximate surface area is 166 Å². The second-order valence-corrected chi connectivity index (χ2v) is 7.89. The predicted octanol–water partition coefficient (Wildman–Crippen LogP) is 6.83. The zero-order chi connectivity index (χ0) is 19.0. The van der Waals surface area contributed by atoms with Gasteiger partial charge in [0.15, 0.2) is 0 Å². The van der Waals surface area contributed by atoms with E-state index in [-0.39, 0.29) is 0 Å². The van der Waals surface area contributed by atoms with Crippen LogP contribution in [0.5, 0.6) is 0 Å². The van der Waals surface area contributed by atoms with Crippen LogP contribution < -0.4 is 5.73 Å². The van der Waals surface area contributed by atoms with E-state index in [2.05, 4.69) is 62.4 Å². The summed E-state index contributed by atoms with van der Waals surface area (Å²) in [6.07, 6.45) is 3.20. The van der Waals surface area contributed by atoms with Gasteiger partial charge in [0.05, 0.1) is 0 Å². The Balaban J connectivity index is 2.03. The molecule has 0 saturated carbocycles. The zero-order valence-corrected chi connectivity index (χ0v) is 16.6. The zero-order valence-electron chi connectivity index (χ0n) is 15.9. The van der Waals surface area contributed by atoms with Gasteiger partial charge in [0, 0.05) is 10.7 Å². The maximum atomic E-state index is 6.23. The van der Waals surface area contributed by atoms with Gasteiger partial charge >= 0.3 is 0 Å². The molecular formula is C25H24ClN. The smallest absolute Gasteiger partial charge is 0.0409 e. The molecule has 0 saturated heterocycles. The Kier molecular flexibility index (Phi) is 4.80. The molecule has 27 heavy (non-hydrogen) atoms. The van der Waals surface area contributed by atoms with Gasteiger partial charge in [-0.05, 0) is 96.3 Å². The van der Waals surface area contributed by atoms with Gasteiger partial charge in [0.1, 0.15) is 0 Å². The molecular weight excluding hydrogens is 350 g/mol. The third-order valence-corrected chi connectivity index (χ3v) is 5.66. The van der Waals surface area contributed by atoms with Crippen molar-refractivity contribution in [3.63, 3.8) is 0 Å². The fraction of sp³-hybridized carbons (Fsp3) is 0.200. The monoisotopic (exact) mass is 373 g/mol. The molecule has 0 aliphatic heterocycles. The van der Waals surface area contributed by atoms with E-state index < -0.39 is 0 Å². The van der Waals surface area contributed by atoms with Crippen molar-refractivity contribution in [2.45, 2.75) is 33.1 Å². The second kappa shape index (κ2) is 7.25. The summed E-state index contributed by atoms with van der Waals surface area (Å²) in [5.41, 5.74) is 17.3. The van der Waals surface area contributed by atoms with Crippen molar-refractivity contribution >= 4 is 28.4 Å². The van der Waals surface area contributed by atoms with Crippen LogP contribution in [0.4, 0.5) is 5.69 Å². The van der Waals surface area contributed by atoms with Crippen LogP contribution in [0.2, 0.25) is 5.02 Å². The molecule has 0 heterocycles. The van der Waals surface area contributed by atoms with E-state index in [1.54, 1.807) is 0 Å². The highest BCUT2D eigenvalue weighted by Gasteiger charge is 2.21. The molecule has 136 valence electrons. The summed E-state index contributed by atoms with van der Waals surface area (Å²) in [5, 5.41) is 0.788. The number of anilines is 1. The van der Waals surface area contributed by atoms with Gasteiger partial charge < -0.3 is 5.73 Å². The first-order valence-corrected chi connectivity index (χ1v) is 9.86. The maximum Gasteiger partial charge on any atom is 0.0409 e. The molecule has 0 amide bonds. The summed E-state index contributed by atoms with van der Waals surface area (Å²) >= 11 is 6.23. The lowest BCUT2D eigenvalue weighted by atomic mass is 9.86. The van der Waals surface area contributed by atoms with Crippen LogP contribution in [0.25, 0.3) is 11.1 Å². The van der Waals surface area contributed by atoms with Gasteiger partial charge in [-0.2, -0.15) is 0 Å². The Bertz CT molecular complexity index is 1030. The summed E-state index contributed by atoms with van der Waals surface area (Å²) in [4.78, 5) is 0. The van der Waals surface area contributed by atoms with Gasteiger partial charge in [-0.15, -0.1) is 0 Å². The van der Waals surface area contributed by atoms with Crippen LogP contribution in [0.3, 0.4) is 0 Å². The number of allylic oxidation sites excluding steroid dienone is 1. The van der Waals surface area contributed by atoms with Crippen molar-refractivity contribution in [1.29, 1.82) is 0 Å². The first kappa shape index (κ1) is 17.9. The van der Waals surface area contributed by atoms with Crippen molar-refractivity contribution in [2.24, 2.45) is 0 Å². The van der Waals surface area contributed by atoms with Crippen molar-refractivity contribution in [1.82, 2.24) is 0 Å². The number of hydrogen-bond acceptors (Lipinski definition) is 1. The molecule has 4 rings (SSSR count). The van der Waals surface area contributed by atoms with Crippen molar-refractivity contribution < 1.29 is 0 Å². The Morgan fingerprint density at radius 3 is 2.30 bits per heavy atom. The van der Waals surface area contributed by atoms with Crippen LogP contribution >= 0.6 is 11.6 Å². The van der Waals surface area contributed by atoms with Crippen molar-refractivity contribution in [2.75, 3.05) is 5.73 Å². The Morgan fingerprint density at radius 1 is 0.815 bits per heavy atom. The highest BCUT2D eigenvalue weighted by molar-refractivity contribution is 6.30. The lowest BCUT2D eigenvalue weighted by Gasteiger charge is -2.18. The molecule has 0 spiro atoms. The summed E-state index contributed by atoms with van der Waals surface area (Å²) in [6, 6.07) is 21.4. The molecule has 1 aliphatic carbocycles. The first-order valence-electron chi connectivity index (χ1n) is 9.48. The lowest BCUT2D eigenvalue weighted by molar-refractivity contribution is 0.860. The molecule has 0 aromatic heterocycles.